The van der Waals surface area contributed by atoms with Crippen molar-refractivity contribution in [3.05, 3.63) is 511 Å². The van der Waals surface area contributed by atoms with Gasteiger partial charge in [-0.05, 0) is 135 Å². The summed E-state index contributed by atoms with van der Waals surface area (Å²) < 4.78 is 15.9. The Hall–Kier alpha value is -10.1. The first kappa shape index (κ1) is 108. The van der Waals surface area contributed by atoms with E-state index in [1.807, 2.05) is 84.9 Å². The van der Waals surface area contributed by atoms with Crippen LogP contribution in [0, 0.1) is 106 Å². The molecule has 10 heterocycles. The Bertz CT molecular complexity index is 9790. The molecule has 703 valence electrons. The summed E-state index contributed by atoms with van der Waals surface area (Å²) >= 11 is 0. The Balaban J connectivity index is 0.000000112. The minimum Gasteiger partial charge on any atom is -0.424 e. The standard InChI is InChI=1S/C26H18N2.C25H15N.C25H17N.3C20H13N.7Y/c1-27-23-9-5-3-7-19(23)21-15-17(11-13-25(21)27)18-12-14-26-22(16-18)20-8-4-6-10-24(20)28(26)2;1-26-24-14-12-20(18-8-4-2-5-9-18)16-22(24)23-17-21(13-15-25(23)26)19-10-6-3-7-11-19;1-26-24-13-6-5-12-22(24)23-17-21(14-15-25(23)26)20-11-7-10-19(16-20)18-8-3-2-4-9-18;1-13-10-15-12-14-6-2-4-8-18(14)21-19-9-5-3-7-16(19)17(11-13)20(15)21;1-13-9-10-18-15(11-13)12-14-5-4-7-17-16-6-2-3-8-19(16)21(18)20(14)17;1-13-9-10-19-17(11-13)16-7-4-6-15-12-14-5-2-3-8-18(14)21(19)20(15)16;;;;;;;/h3-10,13-16H,1-2H3;2-8,10,14-17H,1H3;2-8,11-17H,1H3;2-7,10-11H,12H2,1H3;2*2-7,9,11H,12H2,1H3;;;;;;;/q-2;-4;4*-2;;;;;;;. The van der Waals surface area contributed by atoms with E-state index < -0.39 is 0 Å². The summed E-state index contributed by atoms with van der Waals surface area (Å²) in [5.74, 6) is 0. The van der Waals surface area contributed by atoms with E-state index in [0.29, 0.717) is 0 Å². The molecule has 0 aliphatic carbocycles. The van der Waals surface area contributed by atoms with Gasteiger partial charge in [0, 0.05) is 299 Å². The zero-order valence-electron chi connectivity index (χ0n) is 84.1. The van der Waals surface area contributed by atoms with Crippen LogP contribution in [-0.4, -0.2) is 32.0 Å². The molecule has 0 saturated heterocycles. The third kappa shape index (κ3) is 19.5. The fraction of sp³-hybridized carbons (Fsp3) is 0.0735. The van der Waals surface area contributed by atoms with Crippen molar-refractivity contribution in [3.63, 3.8) is 0 Å². The summed E-state index contributed by atoms with van der Waals surface area (Å²) in [7, 11) is 8.46. The van der Waals surface area contributed by atoms with Gasteiger partial charge in [-0.2, -0.15) is 284 Å². The number of fused-ring (bicyclic) bond motifs is 27. The Morgan fingerprint density at radius 2 is 0.507 bits per heavy atom. The molecule has 0 atom stereocenters. The maximum atomic E-state index is 3.49. The molecular formula is C136H89N7Y7-14. The maximum Gasteiger partial charge on any atom is 0.0489 e. The van der Waals surface area contributed by atoms with Crippen LogP contribution in [0.15, 0.2) is 376 Å². The number of aryl methyl sites for hydroxylation is 7. The van der Waals surface area contributed by atoms with E-state index in [0.717, 1.165) is 80.3 Å². The van der Waals surface area contributed by atoms with Crippen molar-refractivity contribution < 1.29 is 229 Å². The van der Waals surface area contributed by atoms with Gasteiger partial charge in [0.15, 0.2) is 0 Å². The van der Waals surface area contributed by atoms with E-state index in [2.05, 4.69) is 457 Å². The topological polar surface area (TPSA) is 34.5 Å². The summed E-state index contributed by atoms with van der Waals surface area (Å²) in [6, 6.07) is 179. The molecule has 28 aromatic rings. The van der Waals surface area contributed by atoms with Crippen molar-refractivity contribution in [3.8, 4) is 72.7 Å². The largest absolute Gasteiger partial charge is 0.424 e. The van der Waals surface area contributed by atoms with E-state index in [-0.39, 0.29) is 229 Å². The minimum absolute atomic E-state index is 0. The summed E-state index contributed by atoms with van der Waals surface area (Å²) in [6.45, 7) is 6.44. The van der Waals surface area contributed by atoms with Crippen LogP contribution in [0.3, 0.4) is 0 Å². The van der Waals surface area contributed by atoms with Gasteiger partial charge in [-0.25, -0.2) is 44.5 Å². The predicted octanol–water partition coefficient (Wildman–Crippen LogP) is 32.1. The van der Waals surface area contributed by atoms with Crippen LogP contribution in [0.1, 0.15) is 50.1 Å². The normalized spacial score (nSPS) is 11.5. The van der Waals surface area contributed by atoms with Crippen molar-refractivity contribution >= 4 is 153 Å². The fourth-order valence-corrected chi connectivity index (χ4v) is 22.5. The number of nitrogens with zero attached hydrogens (tertiary/aromatic N) is 7. The average molecular weight is 2440 g/mol. The number of aromatic nitrogens is 7. The summed E-state index contributed by atoms with van der Waals surface area (Å²) in [5.41, 5.74) is 43.8. The van der Waals surface area contributed by atoms with Gasteiger partial charge >= 0.3 is 0 Å². The van der Waals surface area contributed by atoms with Crippen molar-refractivity contribution in [2.24, 2.45) is 28.2 Å². The van der Waals surface area contributed by atoms with Gasteiger partial charge in [0.2, 0.25) is 0 Å². The molecule has 21 aromatic carbocycles. The third-order valence-corrected chi connectivity index (χ3v) is 29.2. The molecule has 0 saturated carbocycles. The summed E-state index contributed by atoms with van der Waals surface area (Å²) in [5, 5.41) is 17.9. The molecule has 0 bridgehead atoms. The second-order valence-electron chi connectivity index (χ2n) is 37.8. The first-order valence-electron chi connectivity index (χ1n) is 48.7. The molecule has 7 nitrogen and oxygen atoms in total. The maximum absolute atomic E-state index is 3.49. The number of rotatable bonds is 5. The molecule has 3 aliphatic heterocycles. The zero-order chi connectivity index (χ0) is 95.8. The van der Waals surface area contributed by atoms with Crippen LogP contribution in [0.25, 0.3) is 225 Å². The first-order valence-corrected chi connectivity index (χ1v) is 48.7. The monoisotopic (exact) mass is 2440 g/mol. The molecule has 150 heavy (non-hydrogen) atoms. The summed E-state index contributed by atoms with van der Waals surface area (Å²) in [6.07, 6.45) is 2.96. The molecule has 0 amide bonds. The molecule has 0 N–H and O–H groups in total. The van der Waals surface area contributed by atoms with Gasteiger partial charge < -0.3 is 32.0 Å². The van der Waals surface area contributed by atoms with Gasteiger partial charge in [-0.15, -0.1) is 97.7 Å². The average Bonchev–Trinajstić information content (AvgIpc) is 1.56. The van der Waals surface area contributed by atoms with Gasteiger partial charge in [-0.1, -0.05) is 173 Å². The van der Waals surface area contributed by atoms with Gasteiger partial charge in [0.05, 0.1) is 0 Å². The van der Waals surface area contributed by atoms with Crippen LogP contribution < -0.4 is 0 Å². The van der Waals surface area contributed by atoms with Crippen LogP contribution in [0.5, 0.6) is 0 Å². The molecule has 7 aromatic heterocycles. The van der Waals surface area contributed by atoms with E-state index >= 15 is 0 Å². The fourth-order valence-electron chi connectivity index (χ4n) is 22.5. The van der Waals surface area contributed by atoms with Gasteiger partial charge in [0.25, 0.3) is 0 Å². The number of benzene rings is 21. The Kier molecular flexibility index (Phi) is 33.2. The molecule has 0 spiro atoms. The van der Waals surface area contributed by atoms with Crippen molar-refractivity contribution in [2.75, 3.05) is 0 Å². The van der Waals surface area contributed by atoms with Crippen molar-refractivity contribution in [2.45, 2.75) is 40.0 Å². The van der Waals surface area contributed by atoms with Crippen LogP contribution in [-0.2, 0) is 276 Å². The number of para-hydroxylation sites is 9. The van der Waals surface area contributed by atoms with E-state index in [1.165, 1.54) is 214 Å². The Labute approximate surface area is 1050 Å². The molecule has 0 unspecified atom stereocenters. The second kappa shape index (κ2) is 45.9. The summed E-state index contributed by atoms with van der Waals surface area (Å²) in [4.78, 5) is 0. The van der Waals surface area contributed by atoms with Gasteiger partial charge in [-0.3, -0.25) is 0 Å². The Morgan fingerprint density at radius 3 is 1.01 bits per heavy atom. The van der Waals surface area contributed by atoms with Crippen LogP contribution >= 0.6 is 0 Å². The minimum atomic E-state index is 0. The molecule has 3 aliphatic rings. The number of hydrogen-bond donors (Lipinski definition) is 0. The van der Waals surface area contributed by atoms with Gasteiger partial charge in [0.1, 0.15) is 0 Å². The second-order valence-corrected chi connectivity index (χ2v) is 37.8. The van der Waals surface area contributed by atoms with Crippen LogP contribution in [0.2, 0.25) is 0 Å². The molecular weight excluding hydrogens is 2350 g/mol. The first-order chi connectivity index (χ1) is 70.3. The quantitative estimate of drug-likeness (QED) is 0.154. The predicted molar refractivity (Wildman–Crippen MR) is 591 cm³/mol. The molecule has 14 heteroatoms. The molecule has 31 rings (SSSR count). The molecule has 7 radical (unpaired) electrons. The van der Waals surface area contributed by atoms with E-state index in [9.17, 15) is 0 Å². The van der Waals surface area contributed by atoms with Crippen molar-refractivity contribution in [1.29, 1.82) is 0 Å². The van der Waals surface area contributed by atoms with Crippen molar-refractivity contribution in [1.82, 2.24) is 32.0 Å². The smallest absolute Gasteiger partial charge is 0.0489 e. The third-order valence-electron chi connectivity index (χ3n) is 29.2. The van der Waals surface area contributed by atoms with Crippen LogP contribution in [0.4, 0.5) is 0 Å². The SMILES string of the molecule is Cc1c[c-]c2c(c1)Cc1cccc3c4ccc[c-]c4n-2c13.Cc1c[c-]c2c(c1)c1cccc3c1n2-c1[c-]cccc1C3.Cc1cc2c3c(c1)c1ccc[c-]c1n3-c1[c-]cccc1C2.Cn1c2c[c-]c(-c3[c-]cc4c(c3)c3ccccc3n4C)cc2c2ccccc21.Cn1c2c[c-]c(-c3[c-]cccc3)cc2c2cc(-c3[c-]cccc3)[c-]cc21.Cn1c2ccccc2c2cc(-c3cc[c-]c(-c4[c-]cccc4)c3)ccc21.[Y].[Y].[Y].[Y].[Y].[Y].[Y]. The molecule has 0 fully saturated rings. The zero-order valence-corrected chi connectivity index (χ0v) is 104. The Morgan fingerprint density at radius 1 is 0.180 bits per heavy atom. The van der Waals surface area contributed by atoms with E-state index in [4.69, 9.17) is 0 Å². The van der Waals surface area contributed by atoms with E-state index in [1.54, 1.807) is 0 Å². The number of hydrogen-bond acceptors (Lipinski definition) is 0.